The lowest BCUT2D eigenvalue weighted by Crippen LogP contribution is -2.49. The molecule has 1 aromatic rings. The van der Waals surface area contributed by atoms with Gasteiger partial charge in [0.25, 0.3) is 0 Å². The Bertz CT molecular complexity index is 504. The van der Waals surface area contributed by atoms with E-state index in [0.717, 1.165) is 38.3 Å². The molecule has 0 atom stereocenters. The zero-order valence-electron chi connectivity index (χ0n) is 13.2. The number of phenols is 1. The van der Waals surface area contributed by atoms with Gasteiger partial charge in [-0.3, -0.25) is 4.79 Å². The van der Waals surface area contributed by atoms with Gasteiger partial charge in [-0.2, -0.15) is 0 Å². The van der Waals surface area contributed by atoms with Crippen molar-refractivity contribution in [2.75, 3.05) is 31.1 Å². The molecule has 1 N–H and O–H groups in total. The molecular weight excluding hydrogens is 276 g/mol. The molecular formula is C18H26N2O2. The summed E-state index contributed by atoms with van der Waals surface area (Å²) in [4.78, 5) is 16.6. The molecule has 1 saturated heterocycles. The third kappa shape index (κ3) is 3.54. The lowest BCUT2D eigenvalue weighted by molar-refractivity contribution is -0.132. The number of aromatic hydroxyl groups is 1. The maximum Gasteiger partial charge on any atom is 0.222 e. The number of carbonyl (C=O) groups is 1. The molecule has 1 aliphatic carbocycles. The van der Waals surface area contributed by atoms with E-state index >= 15 is 0 Å². The average molecular weight is 302 g/mol. The van der Waals surface area contributed by atoms with Gasteiger partial charge in [-0.25, -0.2) is 0 Å². The molecule has 4 nitrogen and oxygen atoms in total. The van der Waals surface area contributed by atoms with Crippen molar-refractivity contribution < 1.29 is 9.90 Å². The largest absolute Gasteiger partial charge is 0.506 e. The Kier molecular flexibility index (Phi) is 4.86. The highest BCUT2D eigenvalue weighted by Gasteiger charge is 2.25. The molecule has 2 aliphatic rings. The molecule has 0 aromatic heterocycles. The average Bonchev–Trinajstić information content (AvgIpc) is 2.56. The van der Waals surface area contributed by atoms with E-state index in [1.54, 1.807) is 6.07 Å². The summed E-state index contributed by atoms with van der Waals surface area (Å²) >= 11 is 0. The van der Waals surface area contributed by atoms with E-state index in [9.17, 15) is 9.90 Å². The Hall–Kier alpha value is -1.71. The highest BCUT2D eigenvalue weighted by atomic mass is 16.3. The van der Waals surface area contributed by atoms with Gasteiger partial charge in [0.2, 0.25) is 5.91 Å². The molecule has 0 unspecified atom stereocenters. The standard InChI is InChI=1S/C18H26N2O2/c21-17-9-5-4-8-16(17)19-10-12-20(13-11-19)18(22)14-15-6-2-1-3-7-15/h4-5,8-9,15,21H,1-3,6-7,10-14H2. The summed E-state index contributed by atoms with van der Waals surface area (Å²) in [6.07, 6.45) is 7.10. The second-order valence-corrected chi connectivity index (χ2v) is 6.56. The fraction of sp³-hybridized carbons (Fsp3) is 0.611. The monoisotopic (exact) mass is 302 g/mol. The van der Waals surface area contributed by atoms with E-state index in [-0.39, 0.29) is 0 Å². The van der Waals surface area contributed by atoms with Crippen LogP contribution in [0.5, 0.6) is 5.75 Å². The zero-order valence-corrected chi connectivity index (χ0v) is 13.2. The molecule has 1 aromatic carbocycles. The number of anilines is 1. The summed E-state index contributed by atoms with van der Waals surface area (Å²) in [5, 5.41) is 9.93. The smallest absolute Gasteiger partial charge is 0.222 e. The van der Waals surface area contributed by atoms with Gasteiger partial charge < -0.3 is 14.9 Å². The van der Waals surface area contributed by atoms with Crippen molar-refractivity contribution >= 4 is 11.6 Å². The van der Waals surface area contributed by atoms with Crippen molar-refractivity contribution in [3.63, 3.8) is 0 Å². The van der Waals surface area contributed by atoms with Crippen molar-refractivity contribution in [1.82, 2.24) is 4.90 Å². The second-order valence-electron chi connectivity index (χ2n) is 6.56. The lowest BCUT2D eigenvalue weighted by Gasteiger charge is -2.37. The summed E-state index contributed by atoms with van der Waals surface area (Å²) in [6, 6.07) is 7.43. The van der Waals surface area contributed by atoms with Gasteiger partial charge in [0.15, 0.2) is 0 Å². The van der Waals surface area contributed by atoms with E-state index in [1.807, 2.05) is 23.1 Å². The van der Waals surface area contributed by atoms with E-state index in [2.05, 4.69) is 4.90 Å². The normalized spacial score (nSPS) is 20.2. The summed E-state index contributed by atoms with van der Waals surface area (Å²) < 4.78 is 0. The number of phenolic OH excluding ortho intramolecular Hbond substituents is 1. The molecule has 2 fully saturated rings. The second kappa shape index (κ2) is 7.03. The quantitative estimate of drug-likeness (QED) is 0.933. The predicted molar refractivity (Wildman–Crippen MR) is 88.1 cm³/mol. The lowest BCUT2D eigenvalue weighted by atomic mass is 9.86. The van der Waals surface area contributed by atoms with Crippen LogP contribution in [0.1, 0.15) is 38.5 Å². The number of para-hydroxylation sites is 2. The highest BCUT2D eigenvalue weighted by molar-refractivity contribution is 5.77. The van der Waals surface area contributed by atoms with Crippen LogP contribution in [0.2, 0.25) is 0 Å². The van der Waals surface area contributed by atoms with Gasteiger partial charge >= 0.3 is 0 Å². The minimum Gasteiger partial charge on any atom is -0.506 e. The fourth-order valence-corrected chi connectivity index (χ4v) is 3.70. The molecule has 1 amide bonds. The van der Waals surface area contributed by atoms with Crippen molar-refractivity contribution in [2.45, 2.75) is 38.5 Å². The fourth-order valence-electron chi connectivity index (χ4n) is 3.70. The zero-order chi connectivity index (χ0) is 15.4. The van der Waals surface area contributed by atoms with Crippen LogP contribution in [0, 0.1) is 5.92 Å². The van der Waals surface area contributed by atoms with Crippen molar-refractivity contribution in [3.05, 3.63) is 24.3 Å². The summed E-state index contributed by atoms with van der Waals surface area (Å²) in [5.41, 5.74) is 0.877. The van der Waals surface area contributed by atoms with Gasteiger partial charge in [0, 0.05) is 32.6 Å². The van der Waals surface area contributed by atoms with Gasteiger partial charge in [-0.1, -0.05) is 31.4 Å². The van der Waals surface area contributed by atoms with Crippen LogP contribution in [0.25, 0.3) is 0 Å². The minimum atomic E-state index is 0.323. The van der Waals surface area contributed by atoms with Crippen LogP contribution in [0.3, 0.4) is 0 Å². The number of amides is 1. The molecule has 0 spiro atoms. The van der Waals surface area contributed by atoms with Gasteiger partial charge in [0.05, 0.1) is 5.69 Å². The molecule has 0 bridgehead atoms. The Balaban J connectivity index is 1.51. The van der Waals surface area contributed by atoms with E-state index < -0.39 is 0 Å². The summed E-state index contributed by atoms with van der Waals surface area (Å²) in [7, 11) is 0. The van der Waals surface area contributed by atoms with Gasteiger partial charge in [-0.15, -0.1) is 0 Å². The Morgan fingerprint density at radius 3 is 2.41 bits per heavy atom. The number of hydrogen-bond donors (Lipinski definition) is 1. The van der Waals surface area contributed by atoms with Crippen molar-refractivity contribution in [3.8, 4) is 5.75 Å². The molecule has 0 radical (unpaired) electrons. The minimum absolute atomic E-state index is 0.323. The van der Waals surface area contributed by atoms with Crippen molar-refractivity contribution in [1.29, 1.82) is 0 Å². The number of nitrogens with zero attached hydrogens (tertiary/aromatic N) is 2. The first kappa shape index (κ1) is 15.2. The van der Waals surface area contributed by atoms with E-state index in [0.29, 0.717) is 17.6 Å². The molecule has 1 heterocycles. The number of carbonyl (C=O) groups excluding carboxylic acids is 1. The van der Waals surface area contributed by atoms with Crippen LogP contribution in [-0.2, 0) is 4.79 Å². The van der Waals surface area contributed by atoms with Crippen LogP contribution < -0.4 is 4.90 Å². The highest BCUT2D eigenvalue weighted by Crippen LogP contribution is 2.29. The molecule has 4 heteroatoms. The first-order valence-electron chi connectivity index (χ1n) is 8.55. The number of hydrogen-bond acceptors (Lipinski definition) is 3. The molecule has 120 valence electrons. The maximum absolute atomic E-state index is 12.4. The van der Waals surface area contributed by atoms with Gasteiger partial charge in [0.1, 0.15) is 5.75 Å². The van der Waals surface area contributed by atoms with Crippen LogP contribution in [0.4, 0.5) is 5.69 Å². The molecule has 1 aliphatic heterocycles. The molecule has 22 heavy (non-hydrogen) atoms. The number of benzene rings is 1. The summed E-state index contributed by atoms with van der Waals surface area (Å²) in [6.45, 7) is 3.13. The van der Waals surface area contributed by atoms with Crippen LogP contribution in [-0.4, -0.2) is 42.1 Å². The van der Waals surface area contributed by atoms with Crippen LogP contribution >= 0.6 is 0 Å². The topological polar surface area (TPSA) is 43.8 Å². The summed E-state index contributed by atoms with van der Waals surface area (Å²) in [5.74, 6) is 1.26. The molecule has 3 rings (SSSR count). The third-order valence-corrected chi connectivity index (χ3v) is 5.04. The predicted octanol–water partition coefficient (Wildman–Crippen LogP) is 3.01. The third-order valence-electron chi connectivity index (χ3n) is 5.04. The first-order chi connectivity index (χ1) is 10.7. The van der Waals surface area contributed by atoms with E-state index in [1.165, 1.54) is 32.1 Å². The first-order valence-corrected chi connectivity index (χ1v) is 8.55. The van der Waals surface area contributed by atoms with Crippen LogP contribution in [0.15, 0.2) is 24.3 Å². The van der Waals surface area contributed by atoms with Gasteiger partial charge in [-0.05, 0) is 30.9 Å². The Morgan fingerprint density at radius 2 is 1.73 bits per heavy atom. The Labute approximate surface area is 132 Å². The Morgan fingerprint density at radius 1 is 1.05 bits per heavy atom. The SMILES string of the molecule is O=C(CC1CCCCC1)N1CCN(c2ccccc2O)CC1. The number of piperazine rings is 1. The number of rotatable bonds is 3. The molecule has 1 saturated carbocycles. The van der Waals surface area contributed by atoms with E-state index in [4.69, 9.17) is 0 Å². The van der Waals surface area contributed by atoms with Crippen molar-refractivity contribution in [2.24, 2.45) is 5.92 Å². The maximum atomic E-state index is 12.4.